The average Bonchev–Trinajstić information content (AvgIpc) is 3.43. The van der Waals surface area contributed by atoms with Crippen molar-refractivity contribution in [1.29, 1.82) is 0 Å². The number of benzene rings is 1. The second-order valence-electron chi connectivity index (χ2n) is 7.76. The number of nitrogens with zero attached hydrogens (tertiary/aromatic N) is 4. The molecule has 6 nitrogen and oxygen atoms in total. The highest BCUT2D eigenvalue weighted by Gasteiger charge is 2.30. The molecule has 1 aromatic heterocycles. The Morgan fingerprint density at radius 3 is 2.67 bits per heavy atom. The Balaban J connectivity index is 1.31. The lowest BCUT2D eigenvalue weighted by Gasteiger charge is -2.28. The van der Waals surface area contributed by atoms with E-state index < -0.39 is 0 Å². The van der Waals surface area contributed by atoms with Crippen LogP contribution in [0.3, 0.4) is 0 Å². The maximum Gasteiger partial charge on any atom is 0.247 e. The fourth-order valence-electron chi connectivity index (χ4n) is 4.14. The van der Waals surface area contributed by atoms with Gasteiger partial charge in [-0.15, -0.1) is 10.2 Å². The number of hydrogen-bond donors (Lipinski definition) is 0. The quantitative estimate of drug-likeness (QED) is 0.784. The molecule has 2 aliphatic heterocycles. The summed E-state index contributed by atoms with van der Waals surface area (Å²) in [7, 11) is 0. The second-order valence-corrected chi connectivity index (χ2v) is 7.76. The molecule has 1 amide bonds. The molecule has 2 fully saturated rings. The molecule has 0 saturated carbocycles. The molecular weight excluding hydrogens is 340 g/mol. The summed E-state index contributed by atoms with van der Waals surface area (Å²) >= 11 is 0. The van der Waals surface area contributed by atoms with Crippen LogP contribution in [0, 0.1) is 6.92 Å². The number of carbonyl (C=O) groups excluding carboxylic acids is 1. The van der Waals surface area contributed by atoms with Crippen LogP contribution < -0.4 is 0 Å². The topological polar surface area (TPSA) is 62.5 Å². The van der Waals surface area contributed by atoms with Crippen LogP contribution in [0.25, 0.3) is 11.5 Å². The fraction of sp³-hybridized carbons (Fsp3) is 0.571. The molecule has 1 aromatic carbocycles. The number of hydrogen-bond acceptors (Lipinski definition) is 5. The normalized spacial score (nSPS) is 20.5. The zero-order valence-electron chi connectivity index (χ0n) is 16.1. The van der Waals surface area contributed by atoms with E-state index in [0.29, 0.717) is 30.7 Å². The van der Waals surface area contributed by atoms with Crippen LogP contribution in [0.4, 0.5) is 0 Å². The van der Waals surface area contributed by atoms with Crippen molar-refractivity contribution in [2.75, 3.05) is 26.2 Å². The molecule has 144 valence electrons. The Hall–Kier alpha value is -2.21. The zero-order valence-corrected chi connectivity index (χ0v) is 16.1. The highest BCUT2D eigenvalue weighted by Crippen LogP contribution is 2.22. The number of carbonyl (C=O) groups is 1. The molecule has 0 spiro atoms. The van der Waals surface area contributed by atoms with Gasteiger partial charge >= 0.3 is 0 Å². The van der Waals surface area contributed by atoms with Crippen LogP contribution in [0.15, 0.2) is 28.7 Å². The van der Waals surface area contributed by atoms with Crippen molar-refractivity contribution in [3.8, 4) is 11.5 Å². The van der Waals surface area contributed by atoms with Crippen LogP contribution in [0.5, 0.6) is 0 Å². The van der Waals surface area contributed by atoms with Crippen LogP contribution in [0.1, 0.15) is 43.6 Å². The van der Waals surface area contributed by atoms with Gasteiger partial charge in [0.1, 0.15) is 0 Å². The van der Waals surface area contributed by atoms with Gasteiger partial charge in [0.25, 0.3) is 0 Å². The van der Waals surface area contributed by atoms with Gasteiger partial charge in [0, 0.05) is 37.5 Å². The van der Waals surface area contributed by atoms with Crippen molar-refractivity contribution in [3.05, 3.63) is 35.7 Å². The summed E-state index contributed by atoms with van der Waals surface area (Å²) in [6, 6.07) is 8.38. The van der Waals surface area contributed by atoms with E-state index in [4.69, 9.17) is 4.42 Å². The zero-order chi connectivity index (χ0) is 18.6. The van der Waals surface area contributed by atoms with Gasteiger partial charge in [-0.05, 0) is 57.8 Å². The molecule has 0 bridgehead atoms. The molecule has 0 unspecified atom stereocenters. The van der Waals surface area contributed by atoms with Gasteiger partial charge in [-0.2, -0.15) is 0 Å². The summed E-state index contributed by atoms with van der Waals surface area (Å²) in [6.07, 6.45) is 5.77. The SMILES string of the molecule is Cc1ccc(-c2nnc(CCC(=O)N3CCC[C@H]3CN3CCCC3)o2)cc1. The molecule has 2 aliphatic rings. The predicted molar refractivity (Wildman–Crippen MR) is 103 cm³/mol. The lowest BCUT2D eigenvalue weighted by Crippen LogP contribution is -2.42. The predicted octanol–water partition coefficient (Wildman–Crippen LogP) is 3.06. The number of likely N-dealkylation sites (tertiary alicyclic amines) is 2. The summed E-state index contributed by atoms with van der Waals surface area (Å²) in [5.41, 5.74) is 2.11. The van der Waals surface area contributed by atoms with Gasteiger partial charge in [0.05, 0.1) is 0 Å². The Bertz CT molecular complexity index is 765. The molecule has 3 heterocycles. The molecule has 2 aromatic rings. The van der Waals surface area contributed by atoms with Gasteiger partial charge in [-0.3, -0.25) is 4.79 Å². The summed E-state index contributed by atoms with van der Waals surface area (Å²) < 4.78 is 5.76. The lowest BCUT2D eigenvalue weighted by molar-refractivity contribution is -0.132. The standard InChI is InChI=1S/C21H28N4O2/c1-16-6-8-17(9-7-16)21-23-22-19(27-21)10-11-20(26)25-14-4-5-18(25)15-24-12-2-3-13-24/h6-9,18H,2-5,10-15H2,1H3/t18-/m0/s1. The van der Waals surface area contributed by atoms with Crippen molar-refractivity contribution in [2.45, 2.75) is 51.5 Å². The number of aromatic nitrogens is 2. The van der Waals surface area contributed by atoms with E-state index in [1.54, 1.807) is 0 Å². The molecule has 0 N–H and O–H groups in total. The average molecular weight is 368 g/mol. The largest absolute Gasteiger partial charge is 0.421 e. The van der Waals surface area contributed by atoms with Crippen molar-refractivity contribution in [2.24, 2.45) is 0 Å². The van der Waals surface area contributed by atoms with Gasteiger partial charge in [0.2, 0.25) is 17.7 Å². The van der Waals surface area contributed by atoms with Gasteiger partial charge < -0.3 is 14.2 Å². The molecule has 1 atom stereocenters. The number of aryl methyl sites for hydroxylation is 2. The van der Waals surface area contributed by atoms with Crippen molar-refractivity contribution in [3.63, 3.8) is 0 Å². The highest BCUT2D eigenvalue weighted by molar-refractivity contribution is 5.77. The Kier molecular flexibility index (Phi) is 5.53. The molecule has 2 saturated heterocycles. The number of amides is 1. The first-order chi connectivity index (χ1) is 13.2. The highest BCUT2D eigenvalue weighted by atomic mass is 16.4. The minimum atomic E-state index is 0.215. The number of rotatable bonds is 6. The van der Waals surface area contributed by atoms with E-state index >= 15 is 0 Å². The molecule has 0 radical (unpaired) electrons. The van der Waals surface area contributed by atoms with Gasteiger partial charge in [0.15, 0.2) is 0 Å². The first kappa shape index (κ1) is 18.2. The van der Waals surface area contributed by atoms with E-state index in [2.05, 4.69) is 20.0 Å². The van der Waals surface area contributed by atoms with Gasteiger partial charge in [-0.25, -0.2) is 0 Å². The molecule has 0 aliphatic carbocycles. The summed E-state index contributed by atoms with van der Waals surface area (Å²) in [5, 5.41) is 8.25. The van der Waals surface area contributed by atoms with E-state index in [1.165, 1.54) is 31.5 Å². The second kappa shape index (κ2) is 8.21. The van der Waals surface area contributed by atoms with E-state index in [0.717, 1.165) is 31.5 Å². The maximum atomic E-state index is 12.7. The first-order valence-corrected chi connectivity index (χ1v) is 10.1. The third-order valence-corrected chi connectivity index (χ3v) is 5.68. The lowest BCUT2D eigenvalue weighted by atomic mass is 10.1. The minimum Gasteiger partial charge on any atom is -0.421 e. The van der Waals surface area contributed by atoms with E-state index in [-0.39, 0.29) is 5.91 Å². The Labute approximate surface area is 160 Å². The van der Waals surface area contributed by atoms with Crippen LogP contribution in [-0.4, -0.2) is 58.1 Å². The van der Waals surface area contributed by atoms with Crippen molar-refractivity contribution >= 4 is 5.91 Å². The third-order valence-electron chi connectivity index (χ3n) is 5.68. The fourth-order valence-corrected chi connectivity index (χ4v) is 4.14. The van der Waals surface area contributed by atoms with Gasteiger partial charge in [-0.1, -0.05) is 17.7 Å². The van der Waals surface area contributed by atoms with Crippen LogP contribution in [0.2, 0.25) is 0 Å². The third kappa shape index (κ3) is 4.38. The van der Waals surface area contributed by atoms with Crippen LogP contribution in [-0.2, 0) is 11.2 Å². The Morgan fingerprint density at radius 2 is 1.89 bits per heavy atom. The maximum absolute atomic E-state index is 12.7. The molecule has 27 heavy (non-hydrogen) atoms. The summed E-state index contributed by atoms with van der Waals surface area (Å²) in [4.78, 5) is 17.3. The van der Waals surface area contributed by atoms with E-state index in [1.807, 2.05) is 31.2 Å². The Morgan fingerprint density at radius 1 is 1.11 bits per heavy atom. The molecular formula is C21H28N4O2. The summed E-state index contributed by atoms with van der Waals surface area (Å²) in [6.45, 7) is 6.33. The van der Waals surface area contributed by atoms with E-state index in [9.17, 15) is 4.79 Å². The van der Waals surface area contributed by atoms with Crippen LogP contribution >= 0.6 is 0 Å². The molecule has 6 heteroatoms. The monoisotopic (exact) mass is 368 g/mol. The van der Waals surface area contributed by atoms with Crippen molar-refractivity contribution < 1.29 is 9.21 Å². The smallest absolute Gasteiger partial charge is 0.247 e. The first-order valence-electron chi connectivity index (χ1n) is 10.1. The summed E-state index contributed by atoms with van der Waals surface area (Å²) in [5.74, 6) is 1.27. The minimum absolute atomic E-state index is 0.215. The molecule has 4 rings (SSSR count). The van der Waals surface area contributed by atoms with Crippen molar-refractivity contribution in [1.82, 2.24) is 20.0 Å².